The minimum absolute atomic E-state index is 0.117. The predicted octanol–water partition coefficient (Wildman–Crippen LogP) is 1.73. The lowest BCUT2D eigenvalue weighted by Crippen LogP contribution is -2.25. The molecule has 1 heterocycles. The Hall–Kier alpha value is -1.32. The van der Waals surface area contributed by atoms with Gasteiger partial charge < -0.3 is 5.11 Å². The Kier molecular flexibility index (Phi) is 2.40. The van der Waals surface area contributed by atoms with Gasteiger partial charge >= 0.3 is 5.97 Å². The van der Waals surface area contributed by atoms with E-state index in [9.17, 15) is 4.79 Å². The van der Waals surface area contributed by atoms with Crippen molar-refractivity contribution in [3.8, 4) is 0 Å². The number of hydrogen-bond acceptors (Lipinski definition) is 2. The highest BCUT2D eigenvalue weighted by molar-refractivity contribution is 5.86. The van der Waals surface area contributed by atoms with E-state index in [0.717, 1.165) is 6.42 Å². The molecule has 1 aromatic heterocycles. The highest BCUT2D eigenvalue weighted by Crippen LogP contribution is 2.18. The van der Waals surface area contributed by atoms with Gasteiger partial charge in [0.2, 0.25) is 0 Å². The molecule has 0 saturated carbocycles. The summed E-state index contributed by atoms with van der Waals surface area (Å²) in [6.07, 6.45) is 3.85. The fraction of sp³-hybridized carbons (Fsp3) is 0.556. The van der Waals surface area contributed by atoms with E-state index < -0.39 is 5.97 Å². The van der Waals surface area contributed by atoms with Crippen LogP contribution in [0.5, 0.6) is 0 Å². The third-order valence-electron chi connectivity index (χ3n) is 2.31. The first kappa shape index (κ1) is 9.77. The summed E-state index contributed by atoms with van der Waals surface area (Å²) in [6.45, 7) is 6.08. The van der Waals surface area contributed by atoms with Gasteiger partial charge in [0.25, 0.3) is 0 Å². The second-order valence-corrected chi connectivity index (χ2v) is 3.64. The number of aromatic carboxylic acids is 1. The number of rotatable bonds is 3. The van der Waals surface area contributed by atoms with E-state index in [1.807, 2.05) is 20.8 Å². The number of hydrogen-bond donors (Lipinski definition) is 1. The fourth-order valence-electron chi connectivity index (χ4n) is 0.926. The van der Waals surface area contributed by atoms with Crippen molar-refractivity contribution < 1.29 is 9.90 Å². The maximum Gasteiger partial charge on any atom is 0.338 e. The van der Waals surface area contributed by atoms with Crippen LogP contribution in [-0.2, 0) is 5.54 Å². The second kappa shape index (κ2) is 3.20. The van der Waals surface area contributed by atoms with Gasteiger partial charge in [-0.15, -0.1) is 0 Å². The summed E-state index contributed by atoms with van der Waals surface area (Å²) in [5.41, 5.74) is 0.120. The van der Waals surface area contributed by atoms with Gasteiger partial charge in [-0.2, -0.15) is 5.10 Å². The molecule has 0 atom stereocenters. The van der Waals surface area contributed by atoms with Gasteiger partial charge in [0.05, 0.1) is 17.3 Å². The molecule has 0 fully saturated rings. The predicted molar refractivity (Wildman–Crippen MR) is 48.8 cm³/mol. The van der Waals surface area contributed by atoms with Crippen molar-refractivity contribution in [3.63, 3.8) is 0 Å². The quantitative estimate of drug-likeness (QED) is 0.774. The second-order valence-electron chi connectivity index (χ2n) is 3.64. The van der Waals surface area contributed by atoms with E-state index in [0.29, 0.717) is 0 Å². The van der Waals surface area contributed by atoms with Crippen molar-refractivity contribution in [1.82, 2.24) is 9.78 Å². The molecule has 0 spiro atoms. The van der Waals surface area contributed by atoms with Gasteiger partial charge in [0.15, 0.2) is 0 Å². The molecular formula is C9H14N2O2. The monoisotopic (exact) mass is 182 g/mol. The van der Waals surface area contributed by atoms with Crippen LogP contribution < -0.4 is 0 Å². The van der Waals surface area contributed by atoms with Crippen molar-refractivity contribution >= 4 is 5.97 Å². The Labute approximate surface area is 77.2 Å². The highest BCUT2D eigenvalue weighted by atomic mass is 16.4. The van der Waals surface area contributed by atoms with E-state index >= 15 is 0 Å². The number of aromatic nitrogens is 2. The minimum Gasteiger partial charge on any atom is -0.478 e. The van der Waals surface area contributed by atoms with Gasteiger partial charge in [-0.1, -0.05) is 6.92 Å². The zero-order valence-corrected chi connectivity index (χ0v) is 8.11. The Morgan fingerprint density at radius 1 is 1.69 bits per heavy atom. The SMILES string of the molecule is CCC(C)(C)n1cc(C(=O)O)cn1. The van der Waals surface area contributed by atoms with Gasteiger partial charge in [-0.05, 0) is 20.3 Å². The van der Waals surface area contributed by atoms with Crippen LogP contribution in [-0.4, -0.2) is 20.9 Å². The van der Waals surface area contributed by atoms with Gasteiger partial charge in [-0.25, -0.2) is 4.79 Å². The molecule has 0 saturated heterocycles. The third-order valence-corrected chi connectivity index (χ3v) is 2.31. The van der Waals surface area contributed by atoms with E-state index in [-0.39, 0.29) is 11.1 Å². The summed E-state index contributed by atoms with van der Waals surface area (Å²) >= 11 is 0. The molecule has 0 radical (unpaired) electrons. The lowest BCUT2D eigenvalue weighted by molar-refractivity contribution is 0.0696. The molecule has 0 bridgehead atoms. The molecule has 0 aliphatic rings. The summed E-state index contributed by atoms with van der Waals surface area (Å²) in [6, 6.07) is 0. The first-order valence-electron chi connectivity index (χ1n) is 4.26. The summed E-state index contributed by atoms with van der Waals surface area (Å²) in [5.74, 6) is -0.932. The molecule has 1 aromatic rings. The minimum atomic E-state index is -0.932. The fourth-order valence-corrected chi connectivity index (χ4v) is 0.926. The Bertz CT molecular complexity index is 315. The van der Waals surface area contributed by atoms with E-state index in [2.05, 4.69) is 5.10 Å². The largest absolute Gasteiger partial charge is 0.478 e. The van der Waals surface area contributed by atoms with E-state index in [1.54, 1.807) is 10.9 Å². The molecule has 0 aliphatic carbocycles. The van der Waals surface area contributed by atoms with Crippen LogP contribution in [0.15, 0.2) is 12.4 Å². The van der Waals surface area contributed by atoms with Crippen molar-refractivity contribution in [3.05, 3.63) is 18.0 Å². The van der Waals surface area contributed by atoms with Crippen molar-refractivity contribution in [2.45, 2.75) is 32.7 Å². The molecule has 0 unspecified atom stereocenters. The first-order chi connectivity index (χ1) is 5.97. The normalized spacial score (nSPS) is 11.6. The van der Waals surface area contributed by atoms with Crippen molar-refractivity contribution in [2.24, 2.45) is 0 Å². The van der Waals surface area contributed by atoms with Crippen LogP contribution >= 0.6 is 0 Å². The van der Waals surface area contributed by atoms with Crippen molar-refractivity contribution in [2.75, 3.05) is 0 Å². The maximum atomic E-state index is 10.6. The van der Waals surface area contributed by atoms with Crippen LogP contribution in [0.25, 0.3) is 0 Å². The molecule has 4 nitrogen and oxygen atoms in total. The molecule has 0 aliphatic heterocycles. The zero-order chi connectivity index (χ0) is 10.1. The molecule has 0 amide bonds. The van der Waals surface area contributed by atoms with Crippen LogP contribution in [0.1, 0.15) is 37.6 Å². The Morgan fingerprint density at radius 3 is 2.69 bits per heavy atom. The average Bonchev–Trinajstić information content (AvgIpc) is 2.52. The molecule has 72 valence electrons. The molecule has 1 N–H and O–H groups in total. The topological polar surface area (TPSA) is 55.1 Å². The first-order valence-corrected chi connectivity index (χ1v) is 4.26. The standard InChI is InChI=1S/C9H14N2O2/c1-4-9(2,3)11-6-7(5-10-11)8(12)13/h5-6H,4H2,1-3H3,(H,12,13). The van der Waals surface area contributed by atoms with Gasteiger partial charge in [0, 0.05) is 6.20 Å². The number of carboxylic acids is 1. The molecule has 0 aromatic carbocycles. The summed E-state index contributed by atoms with van der Waals surface area (Å²) in [4.78, 5) is 10.6. The van der Waals surface area contributed by atoms with Crippen molar-refractivity contribution in [1.29, 1.82) is 0 Å². The molecular weight excluding hydrogens is 168 g/mol. The van der Waals surface area contributed by atoms with Crippen LogP contribution in [0.4, 0.5) is 0 Å². The third kappa shape index (κ3) is 1.88. The molecule has 13 heavy (non-hydrogen) atoms. The smallest absolute Gasteiger partial charge is 0.338 e. The summed E-state index contributed by atoms with van der Waals surface area (Å²) < 4.78 is 1.69. The highest BCUT2D eigenvalue weighted by Gasteiger charge is 2.19. The molecule has 4 heteroatoms. The van der Waals surface area contributed by atoms with E-state index in [1.165, 1.54) is 6.20 Å². The maximum absolute atomic E-state index is 10.6. The number of nitrogens with zero attached hydrogens (tertiary/aromatic N) is 2. The summed E-state index contributed by atoms with van der Waals surface area (Å²) in [7, 11) is 0. The lowest BCUT2D eigenvalue weighted by Gasteiger charge is -2.23. The van der Waals surface area contributed by atoms with Gasteiger partial charge in [0.1, 0.15) is 0 Å². The Balaban J connectivity index is 2.98. The van der Waals surface area contributed by atoms with Crippen LogP contribution in [0.3, 0.4) is 0 Å². The average molecular weight is 182 g/mol. The van der Waals surface area contributed by atoms with Gasteiger partial charge in [-0.3, -0.25) is 4.68 Å². The van der Waals surface area contributed by atoms with Crippen LogP contribution in [0.2, 0.25) is 0 Å². The number of carbonyl (C=O) groups is 1. The van der Waals surface area contributed by atoms with Crippen LogP contribution in [0, 0.1) is 0 Å². The Morgan fingerprint density at radius 2 is 2.31 bits per heavy atom. The summed E-state index contributed by atoms with van der Waals surface area (Å²) in [5, 5.41) is 12.7. The zero-order valence-electron chi connectivity index (χ0n) is 8.11. The lowest BCUT2D eigenvalue weighted by atomic mass is 10.0. The molecule has 1 rings (SSSR count). The van der Waals surface area contributed by atoms with E-state index in [4.69, 9.17) is 5.11 Å². The number of carboxylic acid groups (broad SMARTS) is 1.